The molecule has 34 heavy (non-hydrogen) atoms. The van der Waals surface area contributed by atoms with E-state index in [0.29, 0.717) is 19.4 Å². The number of carbonyl (C=O) groups is 3. The molecule has 182 valence electrons. The molecule has 2 aromatic carbocycles. The number of hydrogen-bond acceptors (Lipinski definition) is 3. The maximum atomic E-state index is 13.4. The quantitative estimate of drug-likeness (QED) is 0.511. The molecule has 1 saturated heterocycles. The molecule has 0 aliphatic carbocycles. The van der Waals surface area contributed by atoms with E-state index in [-0.39, 0.29) is 17.9 Å². The highest BCUT2D eigenvalue weighted by Gasteiger charge is 2.41. The van der Waals surface area contributed by atoms with Crippen LogP contribution in [0.4, 0.5) is 0 Å². The largest absolute Gasteiger partial charge is 0.351 e. The summed E-state index contributed by atoms with van der Waals surface area (Å²) >= 11 is 0. The number of benzene rings is 2. The maximum Gasteiger partial charge on any atom is 0.291 e. The third-order valence-corrected chi connectivity index (χ3v) is 7.35. The lowest BCUT2D eigenvalue weighted by atomic mass is 9.84. The summed E-state index contributed by atoms with van der Waals surface area (Å²) in [5.41, 5.74) is 1.67. The van der Waals surface area contributed by atoms with Gasteiger partial charge in [0.2, 0.25) is 11.7 Å². The highest BCUT2D eigenvalue weighted by atomic mass is 16.2. The van der Waals surface area contributed by atoms with Crippen molar-refractivity contribution < 1.29 is 14.4 Å². The average Bonchev–Trinajstić information content (AvgIpc) is 3.36. The smallest absolute Gasteiger partial charge is 0.291 e. The third-order valence-electron chi connectivity index (χ3n) is 7.35. The van der Waals surface area contributed by atoms with E-state index in [0.717, 1.165) is 19.3 Å². The summed E-state index contributed by atoms with van der Waals surface area (Å²) in [5, 5.41) is 3.26. The van der Waals surface area contributed by atoms with Crippen molar-refractivity contribution in [2.45, 2.75) is 77.8 Å². The molecule has 1 aliphatic heterocycles. The average molecular weight is 463 g/mol. The molecule has 3 rings (SSSR count). The summed E-state index contributed by atoms with van der Waals surface area (Å²) in [7, 11) is 0. The van der Waals surface area contributed by atoms with Gasteiger partial charge >= 0.3 is 0 Å². The fourth-order valence-corrected chi connectivity index (χ4v) is 4.54. The number of Topliss-reactive ketones (excluding diaryl/α,β-unsaturated/α-hetero) is 1. The monoisotopic (exact) mass is 462 g/mol. The molecule has 2 aromatic rings. The fraction of sp³-hybridized carbons (Fsp3) is 0.483. The number of ketones is 1. The Hall–Kier alpha value is -2.95. The van der Waals surface area contributed by atoms with Gasteiger partial charge in [-0.15, -0.1) is 0 Å². The van der Waals surface area contributed by atoms with Gasteiger partial charge in [-0.05, 0) is 43.2 Å². The van der Waals surface area contributed by atoms with Gasteiger partial charge in [0.25, 0.3) is 5.91 Å². The second-order valence-electron chi connectivity index (χ2n) is 10.1. The van der Waals surface area contributed by atoms with Crippen molar-refractivity contribution in [3.8, 4) is 0 Å². The molecule has 0 aromatic heterocycles. The summed E-state index contributed by atoms with van der Waals surface area (Å²) in [6.07, 6.45) is 3.53. The van der Waals surface area contributed by atoms with Crippen molar-refractivity contribution in [2.24, 2.45) is 5.41 Å². The molecule has 0 bridgehead atoms. The van der Waals surface area contributed by atoms with Crippen LogP contribution in [0.15, 0.2) is 60.7 Å². The van der Waals surface area contributed by atoms with Gasteiger partial charge in [0, 0.05) is 23.9 Å². The molecule has 1 N–H and O–H groups in total. The van der Waals surface area contributed by atoms with Gasteiger partial charge in [0.05, 0.1) is 0 Å². The molecule has 1 heterocycles. The van der Waals surface area contributed by atoms with E-state index in [1.165, 1.54) is 16.0 Å². The maximum absolute atomic E-state index is 13.4. The molecule has 3 atom stereocenters. The SMILES string of the molecule is CCC(C)(C)C(=O)C(=O)N1CCCC1C(=O)NC(CCc1ccccc1)C(C)c1ccccc1. The summed E-state index contributed by atoms with van der Waals surface area (Å²) in [4.78, 5) is 40.8. The first kappa shape index (κ1) is 25.7. The zero-order valence-corrected chi connectivity index (χ0v) is 20.9. The predicted octanol–water partition coefficient (Wildman–Crippen LogP) is 4.90. The fourth-order valence-electron chi connectivity index (χ4n) is 4.54. The number of nitrogens with zero attached hydrogens (tertiary/aromatic N) is 1. The van der Waals surface area contributed by atoms with E-state index >= 15 is 0 Å². The highest BCUT2D eigenvalue weighted by Crippen LogP contribution is 2.27. The number of carbonyl (C=O) groups excluding carboxylic acids is 3. The van der Waals surface area contributed by atoms with Crippen molar-refractivity contribution in [3.05, 3.63) is 71.8 Å². The molecule has 1 fully saturated rings. The normalized spacial score (nSPS) is 17.8. The van der Waals surface area contributed by atoms with Crippen LogP contribution in [0.5, 0.6) is 0 Å². The Morgan fingerprint density at radius 3 is 2.26 bits per heavy atom. The van der Waals surface area contributed by atoms with Crippen LogP contribution in [0.3, 0.4) is 0 Å². The van der Waals surface area contributed by atoms with E-state index in [9.17, 15) is 14.4 Å². The molecule has 2 amide bonds. The second kappa shape index (κ2) is 11.5. The zero-order valence-electron chi connectivity index (χ0n) is 20.9. The molecule has 1 aliphatic rings. The first-order valence-electron chi connectivity index (χ1n) is 12.5. The summed E-state index contributed by atoms with van der Waals surface area (Å²) < 4.78 is 0. The Kier molecular flexibility index (Phi) is 8.65. The van der Waals surface area contributed by atoms with Gasteiger partial charge in [-0.3, -0.25) is 14.4 Å². The van der Waals surface area contributed by atoms with Gasteiger partial charge in [-0.25, -0.2) is 0 Å². The van der Waals surface area contributed by atoms with E-state index in [1.54, 1.807) is 13.8 Å². The summed E-state index contributed by atoms with van der Waals surface area (Å²) in [6, 6.07) is 19.8. The number of likely N-dealkylation sites (tertiary alicyclic amines) is 1. The van der Waals surface area contributed by atoms with Gasteiger partial charge in [0.1, 0.15) is 6.04 Å². The minimum atomic E-state index is -0.721. The van der Waals surface area contributed by atoms with Crippen LogP contribution in [-0.4, -0.2) is 41.1 Å². The number of nitrogens with one attached hydrogen (secondary N) is 1. The Balaban J connectivity index is 1.75. The molecular formula is C29H38N2O3. The van der Waals surface area contributed by atoms with Crippen molar-refractivity contribution >= 4 is 17.6 Å². The molecule has 5 heteroatoms. The zero-order chi connectivity index (χ0) is 24.7. The molecule has 3 unspecified atom stereocenters. The van der Waals surface area contributed by atoms with Crippen molar-refractivity contribution in [1.82, 2.24) is 10.2 Å². The summed E-state index contributed by atoms with van der Waals surface area (Å²) in [5.74, 6) is -0.983. The number of hydrogen-bond donors (Lipinski definition) is 1. The van der Waals surface area contributed by atoms with Gasteiger partial charge in [-0.2, -0.15) is 0 Å². The number of amides is 2. The topological polar surface area (TPSA) is 66.5 Å². The Morgan fingerprint density at radius 2 is 1.65 bits per heavy atom. The Bertz CT molecular complexity index is 971. The first-order valence-corrected chi connectivity index (χ1v) is 12.5. The van der Waals surface area contributed by atoms with E-state index in [1.807, 2.05) is 43.3 Å². The van der Waals surface area contributed by atoms with Crippen LogP contribution in [0.1, 0.15) is 70.4 Å². The standard InChI is InChI=1S/C29H38N2O3/c1-5-29(3,4)26(32)28(34)31-20-12-17-25(31)27(33)30-24(19-18-22-13-8-6-9-14-22)21(2)23-15-10-7-11-16-23/h6-11,13-16,21,24-25H,5,12,17-20H2,1-4H3,(H,30,33). The highest BCUT2D eigenvalue weighted by molar-refractivity contribution is 6.38. The molecule has 5 nitrogen and oxygen atoms in total. The second-order valence-corrected chi connectivity index (χ2v) is 10.1. The van der Waals surface area contributed by atoms with Crippen LogP contribution in [0.2, 0.25) is 0 Å². The Morgan fingerprint density at radius 1 is 1.03 bits per heavy atom. The van der Waals surface area contributed by atoms with Gasteiger partial charge in [-0.1, -0.05) is 88.4 Å². The number of rotatable bonds is 10. The van der Waals surface area contributed by atoms with Crippen LogP contribution in [0, 0.1) is 5.41 Å². The summed E-state index contributed by atoms with van der Waals surface area (Å²) in [6.45, 7) is 8.07. The van der Waals surface area contributed by atoms with Crippen LogP contribution < -0.4 is 5.32 Å². The molecule has 0 spiro atoms. The molecular weight excluding hydrogens is 424 g/mol. The molecule has 0 radical (unpaired) electrons. The lowest BCUT2D eigenvalue weighted by Gasteiger charge is -2.31. The van der Waals surface area contributed by atoms with Gasteiger partial charge < -0.3 is 10.2 Å². The van der Waals surface area contributed by atoms with E-state index in [4.69, 9.17) is 0 Å². The first-order chi connectivity index (χ1) is 16.2. The van der Waals surface area contributed by atoms with Crippen molar-refractivity contribution in [3.63, 3.8) is 0 Å². The lowest BCUT2D eigenvalue weighted by molar-refractivity contribution is -0.151. The number of aryl methyl sites for hydroxylation is 1. The van der Waals surface area contributed by atoms with Crippen LogP contribution >= 0.6 is 0 Å². The minimum Gasteiger partial charge on any atom is -0.351 e. The Labute approximate surface area is 203 Å². The predicted molar refractivity (Wildman–Crippen MR) is 135 cm³/mol. The molecule has 0 saturated carbocycles. The van der Waals surface area contributed by atoms with E-state index in [2.05, 4.69) is 36.5 Å². The third kappa shape index (κ3) is 6.13. The minimum absolute atomic E-state index is 0.0876. The van der Waals surface area contributed by atoms with Crippen molar-refractivity contribution in [1.29, 1.82) is 0 Å². The van der Waals surface area contributed by atoms with Crippen molar-refractivity contribution in [2.75, 3.05) is 6.54 Å². The van der Waals surface area contributed by atoms with E-state index < -0.39 is 23.1 Å². The lowest BCUT2D eigenvalue weighted by Crippen LogP contribution is -2.52. The van der Waals surface area contributed by atoms with Crippen LogP contribution in [0.25, 0.3) is 0 Å². The van der Waals surface area contributed by atoms with Gasteiger partial charge in [0.15, 0.2) is 0 Å². The van der Waals surface area contributed by atoms with Crippen LogP contribution in [-0.2, 0) is 20.8 Å².